The molecular formula is C7H19N2O4P. The maximum Gasteiger partial charge on any atom is 0.415 e. The van der Waals surface area contributed by atoms with Crippen LogP contribution in [0.2, 0.25) is 0 Å². The summed E-state index contributed by atoms with van der Waals surface area (Å²) in [7, 11) is 3.23. The van der Waals surface area contributed by atoms with Crippen LogP contribution in [-0.2, 0) is 9.09 Å². The van der Waals surface area contributed by atoms with Crippen LogP contribution < -0.4 is 5.32 Å². The van der Waals surface area contributed by atoms with Gasteiger partial charge in [0.05, 0.1) is 6.61 Å². The van der Waals surface area contributed by atoms with Gasteiger partial charge in [-0.05, 0) is 28.1 Å². The second kappa shape index (κ2) is 7.94. The molecule has 1 amide bonds. The first-order valence-corrected chi connectivity index (χ1v) is 5.66. The van der Waals surface area contributed by atoms with Gasteiger partial charge in [0.15, 0.2) is 0 Å². The molecule has 0 aliphatic heterocycles. The number of amides is 1. The molecule has 0 aromatic heterocycles. The van der Waals surface area contributed by atoms with Gasteiger partial charge in [-0.15, -0.1) is 0 Å². The molecule has 0 spiro atoms. The number of rotatable bonds is 3. The van der Waals surface area contributed by atoms with Crippen LogP contribution >= 0.6 is 7.60 Å². The molecule has 0 radical (unpaired) electrons. The molecule has 0 aromatic carbocycles. The van der Waals surface area contributed by atoms with Crippen LogP contribution in [0.15, 0.2) is 0 Å². The van der Waals surface area contributed by atoms with Gasteiger partial charge in [0.1, 0.15) is 0 Å². The monoisotopic (exact) mass is 226 g/mol. The summed E-state index contributed by atoms with van der Waals surface area (Å²) in [4.78, 5) is 21.2. The summed E-state index contributed by atoms with van der Waals surface area (Å²) < 4.78 is 14.9. The van der Waals surface area contributed by atoms with Crippen molar-refractivity contribution in [3.8, 4) is 0 Å². The van der Waals surface area contributed by atoms with Gasteiger partial charge in [-0.2, -0.15) is 0 Å². The molecule has 1 atom stereocenters. The van der Waals surface area contributed by atoms with Crippen molar-refractivity contribution in [2.24, 2.45) is 0 Å². The van der Waals surface area contributed by atoms with E-state index in [1.165, 1.54) is 14.0 Å². The Balaban J connectivity index is 0. The molecule has 14 heavy (non-hydrogen) atoms. The molecule has 86 valence electrons. The lowest BCUT2D eigenvalue weighted by Crippen LogP contribution is -2.16. The lowest BCUT2D eigenvalue weighted by molar-refractivity contribution is 0.235. The highest BCUT2D eigenvalue weighted by molar-refractivity contribution is 7.70. The van der Waals surface area contributed by atoms with E-state index in [4.69, 9.17) is 4.89 Å². The maximum atomic E-state index is 10.7. The molecule has 0 heterocycles. The van der Waals surface area contributed by atoms with Gasteiger partial charge in [0.25, 0.3) is 0 Å². The number of hydrogen-bond donors (Lipinski definition) is 2. The minimum Gasteiger partial charge on any atom is -0.349 e. The van der Waals surface area contributed by atoms with E-state index in [2.05, 4.69) is 4.52 Å². The topological polar surface area (TPSA) is 78.9 Å². The van der Waals surface area contributed by atoms with E-state index in [-0.39, 0.29) is 6.61 Å². The highest BCUT2D eigenvalue weighted by Gasteiger charge is 2.28. The summed E-state index contributed by atoms with van der Waals surface area (Å²) in [6.07, 6.45) is 0. The van der Waals surface area contributed by atoms with Crippen LogP contribution in [0.1, 0.15) is 6.92 Å². The van der Waals surface area contributed by atoms with Gasteiger partial charge >= 0.3 is 13.2 Å². The summed E-state index contributed by atoms with van der Waals surface area (Å²) in [5.74, 6) is 0. The normalized spacial score (nSPS) is 13.9. The van der Waals surface area contributed by atoms with Crippen LogP contribution in [-0.4, -0.2) is 50.2 Å². The van der Waals surface area contributed by atoms with Crippen molar-refractivity contribution in [3.05, 3.63) is 0 Å². The standard InChI is InChI=1S/C4H10NO4P.C3H9N/c1-3-9-10(7,8)4(6)5-2;1-4(2)3/h3H2,1-2H3,(H,5,6)(H,7,8);1-3H3. The molecule has 0 saturated carbocycles. The van der Waals surface area contributed by atoms with Crippen molar-refractivity contribution in [1.82, 2.24) is 10.2 Å². The molecule has 0 fully saturated rings. The molecular weight excluding hydrogens is 207 g/mol. The largest absolute Gasteiger partial charge is 0.415 e. The van der Waals surface area contributed by atoms with Crippen LogP contribution in [0.25, 0.3) is 0 Å². The first-order chi connectivity index (χ1) is 6.27. The van der Waals surface area contributed by atoms with Crippen molar-refractivity contribution >= 4 is 13.2 Å². The summed E-state index contributed by atoms with van der Waals surface area (Å²) in [5.41, 5.74) is -0.977. The molecule has 0 bridgehead atoms. The fourth-order valence-electron chi connectivity index (χ4n) is 0.375. The van der Waals surface area contributed by atoms with E-state index in [0.29, 0.717) is 0 Å². The van der Waals surface area contributed by atoms with Crippen LogP contribution in [0, 0.1) is 0 Å². The average molecular weight is 226 g/mol. The number of carbonyl (C=O) groups excluding carboxylic acids is 1. The van der Waals surface area contributed by atoms with E-state index in [1.54, 1.807) is 0 Å². The highest BCUT2D eigenvalue weighted by atomic mass is 31.2. The summed E-state index contributed by atoms with van der Waals surface area (Å²) in [6, 6.07) is 0. The van der Waals surface area contributed by atoms with E-state index in [0.717, 1.165) is 0 Å². The number of carbonyl (C=O) groups is 1. The quantitative estimate of drug-likeness (QED) is 0.693. The second-order valence-corrected chi connectivity index (χ2v) is 4.54. The Hall–Kier alpha value is -0.420. The van der Waals surface area contributed by atoms with Gasteiger partial charge in [-0.1, -0.05) is 0 Å². The summed E-state index contributed by atoms with van der Waals surface area (Å²) >= 11 is 0. The zero-order valence-electron chi connectivity index (χ0n) is 9.27. The Kier molecular flexibility index (Phi) is 9.08. The van der Waals surface area contributed by atoms with Crippen LogP contribution in [0.3, 0.4) is 0 Å². The zero-order valence-corrected chi connectivity index (χ0v) is 10.2. The van der Waals surface area contributed by atoms with E-state index < -0.39 is 13.2 Å². The van der Waals surface area contributed by atoms with E-state index >= 15 is 0 Å². The van der Waals surface area contributed by atoms with Crippen molar-refractivity contribution < 1.29 is 18.8 Å². The minimum atomic E-state index is -4.03. The van der Waals surface area contributed by atoms with Gasteiger partial charge in [0, 0.05) is 7.05 Å². The fourth-order valence-corrected chi connectivity index (χ4v) is 1.12. The Morgan fingerprint density at radius 2 is 1.86 bits per heavy atom. The Morgan fingerprint density at radius 3 is 2.07 bits per heavy atom. The average Bonchev–Trinajstić information content (AvgIpc) is 2.01. The lowest BCUT2D eigenvalue weighted by atomic mass is 10.9. The fraction of sp³-hybridized carbons (Fsp3) is 0.857. The van der Waals surface area contributed by atoms with E-state index in [1.807, 2.05) is 31.4 Å². The molecule has 0 aliphatic carbocycles. The van der Waals surface area contributed by atoms with Crippen molar-refractivity contribution in [1.29, 1.82) is 0 Å². The number of nitrogens with one attached hydrogen (secondary N) is 1. The highest BCUT2D eigenvalue weighted by Crippen LogP contribution is 2.41. The molecule has 7 heteroatoms. The summed E-state index contributed by atoms with van der Waals surface area (Å²) in [6.45, 7) is 1.58. The lowest BCUT2D eigenvalue weighted by Gasteiger charge is -2.06. The van der Waals surface area contributed by atoms with E-state index in [9.17, 15) is 9.36 Å². The first-order valence-electron chi connectivity index (χ1n) is 4.08. The van der Waals surface area contributed by atoms with Crippen LogP contribution in [0.5, 0.6) is 0 Å². The number of hydrogen-bond acceptors (Lipinski definition) is 4. The van der Waals surface area contributed by atoms with Gasteiger partial charge in [-0.25, -0.2) is 4.57 Å². The number of nitrogens with zero attached hydrogens (tertiary/aromatic N) is 1. The zero-order chi connectivity index (χ0) is 11.8. The molecule has 0 aliphatic rings. The van der Waals surface area contributed by atoms with Gasteiger partial charge in [-0.3, -0.25) is 4.79 Å². The summed E-state index contributed by atoms with van der Waals surface area (Å²) in [5, 5.41) is 2.01. The second-order valence-electron chi connectivity index (χ2n) is 2.83. The molecule has 1 unspecified atom stereocenters. The minimum absolute atomic E-state index is 0.0429. The smallest absolute Gasteiger partial charge is 0.349 e. The Morgan fingerprint density at radius 1 is 1.50 bits per heavy atom. The third kappa shape index (κ3) is 9.67. The first kappa shape index (κ1) is 16.0. The van der Waals surface area contributed by atoms with Crippen LogP contribution in [0.4, 0.5) is 4.79 Å². The Bertz CT molecular complexity index is 205. The Labute approximate surface area is 84.8 Å². The van der Waals surface area contributed by atoms with Gasteiger partial charge in [0.2, 0.25) is 0 Å². The molecule has 6 nitrogen and oxygen atoms in total. The van der Waals surface area contributed by atoms with Gasteiger partial charge < -0.3 is 19.6 Å². The predicted molar refractivity (Wildman–Crippen MR) is 55.5 cm³/mol. The SMILES string of the molecule is CCOP(=O)(O)C(=O)NC.CN(C)C. The van der Waals surface area contributed by atoms with Crippen molar-refractivity contribution in [2.45, 2.75) is 6.92 Å². The van der Waals surface area contributed by atoms with Crippen molar-refractivity contribution in [3.63, 3.8) is 0 Å². The maximum absolute atomic E-state index is 10.7. The molecule has 0 saturated heterocycles. The molecule has 0 aromatic rings. The predicted octanol–water partition coefficient (Wildman–Crippen LogP) is 0.725. The molecule has 2 N–H and O–H groups in total. The third-order valence-electron chi connectivity index (χ3n) is 0.775. The van der Waals surface area contributed by atoms with Crippen molar-refractivity contribution in [2.75, 3.05) is 34.8 Å². The molecule has 0 rings (SSSR count). The third-order valence-corrected chi connectivity index (χ3v) is 2.12.